The van der Waals surface area contributed by atoms with Crippen LogP contribution in [-0.4, -0.2) is 25.0 Å². The van der Waals surface area contributed by atoms with Gasteiger partial charge in [0.2, 0.25) is 0 Å². The van der Waals surface area contributed by atoms with Crippen molar-refractivity contribution >= 4 is 23.2 Å². The van der Waals surface area contributed by atoms with Crippen LogP contribution in [0, 0.1) is 0 Å². The van der Waals surface area contributed by atoms with Crippen LogP contribution in [-0.2, 0) is 4.79 Å². The standard InChI is InChI=1S/C17H19NO4S/c1-2-11-21-13-6-3-4-7-14(13)22-16(19)9-10-18-17(20)15-8-5-12-23-15/h3-8,12H,2,9-11H2,1H3,(H,18,20). The highest BCUT2D eigenvalue weighted by molar-refractivity contribution is 7.12. The van der Waals surface area contributed by atoms with Crippen LogP contribution in [0.25, 0.3) is 0 Å². The van der Waals surface area contributed by atoms with Crippen LogP contribution in [0.2, 0.25) is 0 Å². The Morgan fingerprint density at radius 2 is 1.91 bits per heavy atom. The van der Waals surface area contributed by atoms with Crippen molar-refractivity contribution < 1.29 is 19.1 Å². The number of ether oxygens (including phenoxy) is 2. The highest BCUT2D eigenvalue weighted by Crippen LogP contribution is 2.26. The smallest absolute Gasteiger partial charge is 0.313 e. The average molecular weight is 333 g/mol. The molecule has 1 aromatic carbocycles. The van der Waals surface area contributed by atoms with Crippen LogP contribution in [0.5, 0.6) is 11.5 Å². The molecule has 0 aliphatic rings. The van der Waals surface area contributed by atoms with E-state index >= 15 is 0 Å². The van der Waals surface area contributed by atoms with E-state index in [1.807, 2.05) is 18.4 Å². The summed E-state index contributed by atoms with van der Waals surface area (Å²) < 4.78 is 10.8. The number of benzene rings is 1. The molecule has 1 amide bonds. The minimum absolute atomic E-state index is 0.0965. The molecule has 0 bridgehead atoms. The maximum Gasteiger partial charge on any atom is 0.313 e. The molecule has 0 spiro atoms. The summed E-state index contributed by atoms with van der Waals surface area (Å²) in [6.45, 7) is 2.80. The van der Waals surface area contributed by atoms with Crippen molar-refractivity contribution in [3.63, 3.8) is 0 Å². The molecule has 0 aliphatic heterocycles. The molecule has 122 valence electrons. The molecule has 2 rings (SSSR count). The lowest BCUT2D eigenvalue weighted by molar-refractivity contribution is -0.134. The van der Waals surface area contributed by atoms with Crippen molar-refractivity contribution in [1.29, 1.82) is 0 Å². The fraction of sp³-hybridized carbons (Fsp3) is 0.294. The number of carbonyl (C=O) groups is 2. The van der Waals surface area contributed by atoms with Crippen LogP contribution < -0.4 is 14.8 Å². The molecular formula is C17H19NO4S. The van der Waals surface area contributed by atoms with Gasteiger partial charge in [-0.25, -0.2) is 0 Å². The second-order valence-corrected chi connectivity index (χ2v) is 5.70. The van der Waals surface area contributed by atoms with Crippen molar-refractivity contribution in [2.45, 2.75) is 19.8 Å². The average Bonchev–Trinajstić information content (AvgIpc) is 3.08. The van der Waals surface area contributed by atoms with E-state index in [4.69, 9.17) is 9.47 Å². The maximum absolute atomic E-state index is 11.9. The normalized spacial score (nSPS) is 10.1. The van der Waals surface area contributed by atoms with Crippen LogP contribution in [0.3, 0.4) is 0 Å². The van der Waals surface area contributed by atoms with Gasteiger partial charge in [0.05, 0.1) is 17.9 Å². The van der Waals surface area contributed by atoms with Gasteiger partial charge in [-0.15, -0.1) is 11.3 Å². The Morgan fingerprint density at radius 1 is 1.13 bits per heavy atom. The summed E-state index contributed by atoms with van der Waals surface area (Å²) >= 11 is 1.36. The van der Waals surface area contributed by atoms with Crippen LogP contribution in [0.4, 0.5) is 0 Å². The van der Waals surface area contributed by atoms with Crippen molar-refractivity contribution in [3.8, 4) is 11.5 Å². The SMILES string of the molecule is CCCOc1ccccc1OC(=O)CCNC(=O)c1cccs1. The second-order valence-electron chi connectivity index (χ2n) is 4.75. The van der Waals surface area contributed by atoms with Gasteiger partial charge in [-0.3, -0.25) is 9.59 Å². The van der Waals surface area contributed by atoms with Gasteiger partial charge in [0.15, 0.2) is 11.5 Å². The van der Waals surface area contributed by atoms with Gasteiger partial charge in [-0.2, -0.15) is 0 Å². The third-order valence-electron chi connectivity index (χ3n) is 2.89. The molecule has 0 aliphatic carbocycles. The number of hydrogen-bond acceptors (Lipinski definition) is 5. The van der Waals surface area contributed by atoms with Crippen LogP contribution in [0.15, 0.2) is 41.8 Å². The largest absolute Gasteiger partial charge is 0.490 e. The summed E-state index contributed by atoms with van der Waals surface area (Å²) in [5.41, 5.74) is 0. The van der Waals surface area contributed by atoms with Gasteiger partial charge in [-0.05, 0) is 30.0 Å². The monoisotopic (exact) mass is 333 g/mol. The summed E-state index contributed by atoms with van der Waals surface area (Å²) in [6, 6.07) is 10.6. The highest BCUT2D eigenvalue weighted by atomic mass is 32.1. The molecule has 0 fully saturated rings. The molecule has 1 heterocycles. The number of esters is 1. The molecule has 6 heteroatoms. The predicted octanol–water partition coefficient (Wildman–Crippen LogP) is 3.26. The Balaban J connectivity index is 1.79. The first-order valence-corrected chi connectivity index (χ1v) is 8.33. The molecule has 23 heavy (non-hydrogen) atoms. The van der Waals surface area contributed by atoms with E-state index in [1.165, 1.54) is 11.3 Å². The highest BCUT2D eigenvalue weighted by Gasteiger charge is 2.11. The van der Waals surface area contributed by atoms with Gasteiger partial charge < -0.3 is 14.8 Å². The van der Waals surface area contributed by atoms with Gasteiger partial charge in [0.25, 0.3) is 5.91 Å². The van der Waals surface area contributed by atoms with E-state index in [2.05, 4.69) is 5.32 Å². The van der Waals surface area contributed by atoms with E-state index in [0.29, 0.717) is 23.0 Å². The van der Waals surface area contributed by atoms with Crippen molar-refractivity contribution in [1.82, 2.24) is 5.32 Å². The summed E-state index contributed by atoms with van der Waals surface area (Å²) in [5.74, 6) is 0.351. The third-order valence-corrected chi connectivity index (χ3v) is 3.76. The van der Waals surface area contributed by atoms with E-state index < -0.39 is 5.97 Å². The molecule has 0 saturated heterocycles. The van der Waals surface area contributed by atoms with Crippen molar-refractivity contribution in [3.05, 3.63) is 46.7 Å². The van der Waals surface area contributed by atoms with E-state index in [1.54, 1.807) is 30.3 Å². The number of rotatable bonds is 8. The first-order valence-electron chi connectivity index (χ1n) is 7.45. The number of hydrogen-bond donors (Lipinski definition) is 1. The molecule has 0 unspecified atom stereocenters. The van der Waals surface area contributed by atoms with E-state index in [-0.39, 0.29) is 18.9 Å². The fourth-order valence-electron chi connectivity index (χ4n) is 1.81. The zero-order chi connectivity index (χ0) is 16.5. The molecule has 2 aromatic rings. The van der Waals surface area contributed by atoms with Crippen molar-refractivity contribution in [2.24, 2.45) is 0 Å². The molecule has 5 nitrogen and oxygen atoms in total. The summed E-state index contributed by atoms with van der Waals surface area (Å²) in [6.07, 6.45) is 0.969. The topological polar surface area (TPSA) is 64.6 Å². The summed E-state index contributed by atoms with van der Waals surface area (Å²) in [4.78, 5) is 24.2. The molecular weight excluding hydrogens is 314 g/mol. The zero-order valence-electron chi connectivity index (χ0n) is 12.9. The van der Waals surface area contributed by atoms with Crippen LogP contribution in [0.1, 0.15) is 29.4 Å². The molecule has 0 radical (unpaired) electrons. The number of carbonyl (C=O) groups excluding carboxylic acids is 2. The van der Waals surface area contributed by atoms with E-state index in [0.717, 1.165) is 6.42 Å². The fourth-order valence-corrected chi connectivity index (χ4v) is 2.45. The van der Waals surface area contributed by atoms with E-state index in [9.17, 15) is 9.59 Å². The van der Waals surface area contributed by atoms with Gasteiger partial charge in [-0.1, -0.05) is 25.1 Å². The Morgan fingerprint density at radius 3 is 2.61 bits per heavy atom. The third kappa shape index (κ3) is 5.41. The molecule has 0 atom stereocenters. The van der Waals surface area contributed by atoms with Crippen molar-refractivity contribution in [2.75, 3.05) is 13.2 Å². The molecule has 1 aromatic heterocycles. The number of nitrogens with one attached hydrogen (secondary N) is 1. The minimum atomic E-state index is -0.413. The lowest BCUT2D eigenvalue weighted by atomic mass is 10.3. The zero-order valence-corrected chi connectivity index (χ0v) is 13.7. The van der Waals surface area contributed by atoms with Gasteiger partial charge in [0.1, 0.15) is 0 Å². The first-order chi connectivity index (χ1) is 11.2. The molecule has 1 N–H and O–H groups in total. The maximum atomic E-state index is 11.9. The lowest BCUT2D eigenvalue weighted by Gasteiger charge is -2.11. The number of amides is 1. The summed E-state index contributed by atoms with van der Waals surface area (Å²) in [5, 5.41) is 4.52. The lowest BCUT2D eigenvalue weighted by Crippen LogP contribution is -2.26. The molecule has 0 saturated carbocycles. The Hall–Kier alpha value is -2.34. The number of para-hydroxylation sites is 2. The predicted molar refractivity (Wildman–Crippen MR) is 89.1 cm³/mol. The van der Waals surface area contributed by atoms with Gasteiger partial charge >= 0.3 is 5.97 Å². The summed E-state index contributed by atoms with van der Waals surface area (Å²) in [7, 11) is 0. The quantitative estimate of drug-likeness (QED) is 0.595. The minimum Gasteiger partial charge on any atom is -0.490 e. The Kier molecular flexibility index (Phi) is 6.62. The van der Waals surface area contributed by atoms with Crippen LogP contribution >= 0.6 is 11.3 Å². The Bertz CT molecular complexity index is 640. The second kappa shape index (κ2) is 8.95. The first kappa shape index (κ1) is 17.0. The van der Waals surface area contributed by atoms with Gasteiger partial charge in [0, 0.05) is 6.54 Å². The number of thiophene rings is 1. The Labute approximate surface area is 139 Å².